The van der Waals surface area contributed by atoms with Crippen LogP contribution in [-0.2, 0) is 22.6 Å². The van der Waals surface area contributed by atoms with Gasteiger partial charge in [-0.15, -0.1) is 0 Å². The molecule has 0 aromatic heterocycles. The highest BCUT2D eigenvalue weighted by atomic mass is 16.5. The van der Waals surface area contributed by atoms with Gasteiger partial charge in [0.15, 0.2) is 0 Å². The van der Waals surface area contributed by atoms with E-state index in [1.807, 2.05) is 60.4 Å². The van der Waals surface area contributed by atoms with Crippen molar-refractivity contribution in [1.82, 2.24) is 10.2 Å². The number of aryl methyl sites for hydroxylation is 1. The van der Waals surface area contributed by atoms with Crippen LogP contribution in [0.5, 0.6) is 0 Å². The van der Waals surface area contributed by atoms with Crippen molar-refractivity contribution >= 4 is 12.0 Å². The molecule has 0 bridgehead atoms. The molecule has 0 spiro atoms. The summed E-state index contributed by atoms with van der Waals surface area (Å²) in [5.41, 5.74) is 2.87. The maximum absolute atomic E-state index is 12.8. The van der Waals surface area contributed by atoms with Crippen LogP contribution in [0.1, 0.15) is 72.5 Å². The minimum atomic E-state index is -0.921. The van der Waals surface area contributed by atoms with Gasteiger partial charge in [-0.25, -0.2) is 9.59 Å². The maximum Gasteiger partial charge on any atom is 0.336 e. The summed E-state index contributed by atoms with van der Waals surface area (Å²) >= 11 is 0. The van der Waals surface area contributed by atoms with Crippen molar-refractivity contribution in [2.45, 2.75) is 77.7 Å². The lowest BCUT2D eigenvalue weighted by atomic mass is 9.94. The Morgan fingerprint density at radius 2 is 1.81 bits per heavy atom. The van der Waals surface area contributed by atoms with Crippen LogP contribution < -0.4 is 5.32 Å². The molecular formula is C29H40N2O5. The van der Waals surface area contributed by atoms with Crippen molar-refractivity contribution in [3.63, 3.8) is 0 Å². The fourth-order valence-electron chi connectivity index (χ4n) is 4.64. The van der Waals surface area contributed by atoms with Crippen LogP contribution in [-0.4, -0.2) is 53.9 Å². The third-order valence-electron chi connectivity index (χ3n) is 6.65. The van der Waals surface area contributed by atoms with Gasteiger partial charge in [0.1, 0.15) is 0 Å². The molecular weight excluding hydrogens is 456 g/mol. The number of nitrogens with one attached hydrogen (secondary N) is 1. The zero-order valence-corrected chi connectivity index (χ0v) is 21.6. The average Bonchev–Trinajstić information content (AvgIpc) is 2.87. The number of nitrogens with zero attached hydrogens (tertiary/aromatic N) is 1. The molecule has 0 heterocycles. The van der Waals surface area contributed by atoms with Gasteiger partial charge in [0.05, 0.1) is 31.0 Å². The molecule has 2 aromatic rings. The molecule has 1 aliphatic carbocycles. The minimum Gasteiger partial charge on any atom is -0.478 e. The van der Waals surface area contributed by atoms with Gasteiger partial charge in [-0.3, -0.25) is 0 Å². The van der Waals surface area contributed by atoms with E-state index in [4.69, 9.17) is 9.47 Å². The van der Waals surface area contributed by atoms with Crippen LogP contribution in [0, 0.1) is 6.92 Å². The third kappa shape index (κ3) is 8.64. The molecule has 3 rings (SSSR count). The molecule has 2 atom stereocenters. The van der Waals surface area contributed by atoms with Gasteiger partial charge >= 0.3 is 12.0 Å². The molecule has 0 unspecified atom stereocenters. The van der Waals surface area contributed by atoms with E-state index in [1.54, 1.807) is 0 Å². The summed E-state index contributed by atoms with van der Waals surface area (Å²) in [6, 6.07) is 15.4. The highest BCUT2D eigenvalue weighted by Gasteiger charge is 2.24. The zero-order valence-electron chi connectivity index (χ0n) is 21.6. The monoisotopic (exact) mass is 496 g/mol. The van der Waals surface area contributed by atoms with Crippen molar-refractivity contribution in [2.75, 3.05) is 19.7 Å². The molecule has 7 nitrogen and oxygen atoms in total. The first-order valence-electron chi connectivity index (χ1n) is 13.1. The van der Waals surface area contributed by atoms with E-state index in [0.29, 0.717) is 37.4 Å². The first kappa shape index (κ1) is 27.7. The van der Waals surface area contributed by atoms with Crippen LogP contribution >= 0.6 is 0 Å². The number of aromatic carboxylic acids is 1. The lowest BCUT2D eigenvalue weighted by Crippen LogP contribution is -2.42. The van der Waals surface area contributed by atoms with Crippen LogP contribution in [0.15, 0.2) is 48.5 Å². The van der Waals surface area contributed by atoms with Crippen LogP contribution in [0.3, 0.4) is 0 Å². The molecule has 2 N–H and O–H groups in total. The summed E-state index contributed by atoms with van der Waals surface area (Å²) in [4.78, 5) is 26.2. The highest BCUT2D eigenvalue weighted by molar-refractivity contribution is 5.91. The summed E-state index contributed by atoms with van der Waals surface area (Å²) in [6.45, 7) is 6.39. The summed E-state index contributed by atoms with van der Waals surface area (Å²) in [5, 5.41) is 12.6. The summed E-state index contributed by atoms with van der Waals surface area (Å²) in [5.74, 6) is -0.921. The summed E-state index contributed by atoms with van der Waals surface area (Å²) < 4.78 is 12.3. The van der Waals surface area contributed by atoms with Crippen molar-refractivity contribution in [2.24, 2.45) is 0 Å². The van der Waals surface area contributed by atoms with E-state index in [-0.39, 0.29) is 24.8 Å². The Bertz CT molecular complexity index is 965. The van der Waals surface area contributed by atoms with E-state index < -0.39 is 5.97 Å². The molecule has 1 aliphatic rings. The smallest absolute Gasteiger partial charge is 0.336 e. The molecule has 2 aromatic carbocycles. The summed E-state index contributed by atoms with van der Waals surface area (Å²) in [6.07, 6.45) is 5.77. The average molecular weight is 497 g/mol. The molecule has 1 fully saturated rings. The Kier molecular flexibility index (Phi) is 11.2. The van der Waals surface area contributed by atoms with Crippen LogP contribution in [0.25, 0.3) is 0 Å². The number of ether oxygens (including phenoxy) is 2. The number of benzene rings is 2. The largest absolute Gasteiger partial charge is 0.478 e. The number of hydrogen-bond donors (Lipinski definition) is 2. The molecule has 2 amide bonds. The van der Waals surface area contributed by atoms with Gasteiger partial charge in [0, 0.05) is 19.6 Å². The molecule has 7 heteroatoms. The molecule has 0 saturated heterocycles. The first-order valence-corrected chi connectivity index (χ1v) is 13.1. The van der Waals surface area contributed by atoms with E-state index in [2.05, 4.69) is 12.2 Å². The molecule has 1 saturated carbocycles. The Morgan fingerprint density at radius 3 is 2.53 bits per heavy atom. The van der Waals surface area contributed by atoms with Gasteiger partial charge in [-0.1, -0.05) is 61.9 Å². The lowest BCUT2D eigenvalue weighted by molar-refractivity contribution is -0.0526. The fourth-order valence-corrected chi connectivity index (χ4v) is 4.64. The minimum absolute atomic E-state index is 0.0312. The number of urea groups is 1. The second-order valence-electron chi connectivity index (χ2n) is 9.50. The Balaban J connectivity index is 1.49. The van der Waals surface area contributed by atoms with Gasteiger partial charge < -0.3 is 24.8 Å². The predicted octanol–water partition coefficient (Wildman–Crippen LogP) is 5.55. The second kappa shape index (κ2) is 14.6. The number of amides is 2. The van der Waals surface area contributed by atoms with Crippen LogP contribution in [0.4, 0.5) is 4.79 Å². The zero-order chi connectivity index (χ0) is 25.8. The molecule has 196 valence electrons. The Hall–Kier alpha value is -2.90. The highest BCUT2D eigenvalue weighted by Crippen LogP contribution is 2.25. The van der Waals surface area contributed by atoms with E-state index in [1.165, 1.54) is 0 Å². The number of unbranched alkanes of at least 4 members (excludes halogenated alkanes) is 1. The van der Waals surface area contributed by atoms with Crippen LogP contribution in [0.2, 0.25) is 0 Å². The Morgan fingerprint density at radius 1 is 1.06 bits per heavy atom. The normalized spacial score (nSPS) is 17.5. The second-order valence-corrected chi connectivity index (χ2v) is 9.50. The predicted molar refractivity (Wildman–Crippen MR) is 140 cm³/mol. The molecule has 0 aliphatic heterocycles. The fraction of sp³-hybridized carbons (Fsp3) is 0.517. The number of carbonyl (C=O) groups excluding carboxylic acids is 1. The standard InChI is InChI=1S/C29H40N2O5/c1-3-4-16-30-29(34)31(20-23-11-6-5-7-12-23)17-18-35-25-14-9-15-26(19-25)36-21-24-13-8-10-22(2)27(24)28(32)33/h5-8,10-13,25-26H,3-4,9,14-21H2,1-2H3,(H,30,34)(H,32,33)/t25-,26+/m1/s1. The molecule has 36 heavy (non-hydrogen) atoms. The van der Waals surface area contributed by atoms with Crippen molar-refractivity contribution in [3.8, 4) is 0 Å². The van der Waals surface area contributed by atoms with Crippen molar-refractivity contribution in [3.05, 3.63) is 70.8 Å². The number of rotatable bonds is 13. The maximum atomic E-state index is 12.8. The van der Waals surface area contributed by atoms with E-state index in [9.17, 15) is 14.7 Å². The number of hydrogen-bond acceptors (Lipinski definition) is 4. The summed E-state index contributed by atoms with van der Waals surface area (Å²) in [7, 11) is 0. The number of carboxylic acid groups (broad SMARTS) is 1. The Labute approximate surface area is 214 Å². The quantitative estimate of drug-likeness (QED) is 0.355. The van der Waals surface area contributed by atoms with E-state index >= 15 is 0 Å². The third-order valence-corrected chi connectivity index (χ3v) is 6.65. The van der Waals surface area contributed by atoms with Gasteiger partial charge in [0.2, 0.25) is 0 Å². The van der Waals surface area contributed by atoms with Crippen molar-refractivity contribution < 1.29 is 24.2 Å². The topological polar surface area (TPSA) is 88.1 Å². The molecule has 0 radical (unpaired) electrons. The van der Waals surface area contributed by atoms with Gasteiger partial charge in [-0.05, 0) is 55.7 Å². The van der Waals surface area contributed by atoms with Gasteiger partial charge in [-0.2, -0.15) is 0 Å². The first-order chi connectivity index (χ1) is 17.5. The van der Waals surface area contributed by atoms with Gasteiger partial charge in [0.25, 0.3) is 0 Å². The number of carboxylic acids is 1. The number of carbonyl (C=O) groups is 2. The lowest BCUT2D eigenvalue weighted by Gasteiger charge is -2.30. The van der Waals surface area contributed by atoms with Crippen molar-refractivity contribution in [1.29, 1.82) is 0 Å². The van der Waals surface area contributed by atoms with E-state index in [0.717, 1.165) is 49.7 Å². The SMILES string of the molecule is CCCCNC(=O)N(CCO[C@@H]1CCC[C@H](OCc2cccc(C)c2C(=O)O)C1)Cc1ccccc1.